The summed E-state index contributed by atoms with van der Waals surface area (Å²) in [5, 5.41) is 2.77. The lowest BCUT2D eigenvalue weighted by Gasteiger charge is -2.24. The summed E-state index contributed by atoms with van der Waals surface area (Å²) in [6.07, 6.45) is 0.745. The van der Waals surface area contributed by atoms with Crippen molar-refractivity contribution in [3.8, 4) is 0 Å². The Morgan fingerprint density at radius 1 is 1.08 bits per heavy atom. The number of ether oxygens (including phenoxy) is 1. The summed E-state index contributed by atoms with van der Waals surface area (Å²) in [6, 6.07) is 5.49. The molecule has 1 amide bonds. The second-order valence-electron chi connectivity index (χ2n) is 6.48. The molecule has 0 aliphatic heterocycles. The van der Waals surface area contributed by atoms with Gasteiger partial charge in [0.05, 0.1) is 10.5 Å². The van der Waals surface area contributed by atoms with Gasteiger partial charge in [-0.25, -0.2) is 13.2 Å². The molecule has 0 aliphatic carbocycles. The predicted octanol–water partition coefficient (Wildman–Crippen LogP) is 2.18. The molecular formula is C18H28N2O5S. The summed E-state index contributed by atoms with van der Waals surface area (Å²) in [7, 11) is -3.58. The minimum absolute atomic E-state index is 0.111. The van der Waals surface area contributed by atoms with Crippen LogP contribution in [0.2, 0.25) is 0 Å². The average molecular weight is 384 g/mol. The van der Waals surface area contributed by atoms with Gasteiger partial charge in [0.25, 0.3) is 5.91 Å². The normalized spacial score (nSPS) is 12.1. The quantitative estimate of drug-likeness (QED) is 0.659. The number of carbonyl (C=O) groups is 2. The molecule has 8 heteroatoms. The number of hydrogen-bond donors (Lipinski definition) is 1. The van der Waals surface area contributed by atoms with E-state index in [9.17, 15) is 18.0 Å². The summed E-state index contributed by atoms with van der Waals surface area (Å²) in [4.78, 5) is 23.9. The monoisotopic (exact) mass is 384 g/mol. The molecular weight excluding hydrogens is 356 g/mol. The van der Waals surface area contributed by atoms with Crippen LogP contribution in [0.4, 0.5) is 0 Å². The number of benzene rings is 1. The average Bonchev–Trinajstić information content (AvgIpc) is 2.60. The Morgan fingerprint density at radius 3 is 2.08 bits per heavy atom. The minimum Gasteiger partial charge on any atom is -0.452 e. The molecule has 0 bridgehead atoms. The van der Waals surface area contributed by atoms with Crippen LogP contribution in [0.5, 0.6) is 0 Å². The highest BCUT2D eigenvalue weighted by Gasteiger charge is 2.22. The highest BCUT2D eigenvalue weighted by molar-refractivity contribution is 7.89. The standard InChI is InChI=1S/C18H28N2O5S/c1-6-18(4,5)19-16(21)13-25-17(22)14-9-11-15(12-10-14)26(23,24)20(7-2)8-3/h9-12H,6-8,13H2,1-5H3,(H,19,21). The van der Waals surface area contributed by atoms with Crippen molar-refractivity contribution in [3.05, 3.63) is 29.8 Å². The van der Waals surface area contributed by atoms with Crippen LogP contribution < -0.4 is 5.32 Å². The first-order valence-electron chi connectivity index (χ1n) is 8.65. The SMILES string of the molecule is CCN(CC)S(=O)(=O)c1ccc(C(=O)OCC(=O)NC(C)(C)CC)cc1. The Hall–Kier alpha value is -1.93. The van der Waals surface area contributed by atoms with Gasteiger partial charge in [-0.1, -0.05) is 20.8 Å². The van der Waals surface area contributed by atoms with Crippen LogP contribution in [-0.4, -0.2) is 49.8 Å². The number of esters is 1. The van der Waals surface area contributed by atoms with Crippen molar-refractivity contribution in [1.29, 1.82) is 0 Å². The van der Waals surface area contributed by atoms with E-state index in [0.717, 1.165) is 6.42 Å². The van der Waals surface area contributed by atoms with Gasteiger partial charge in [-0.15, -0.1) is 0 Å². The van der Waals surface area contributed by atoms with Crippen molar-refractivity contribution in [2.24, 2.45) is 0 Å². The molecule has 0 unspecified atom stereocenters. The maximum Gasteiger partial charge on any atom is 0.338 e. The molecule has 0 spiro atoms. The molecule has 0 saturated heterocycles. The van der Waals surface area contributed by atoms with Crippen molar-refractivity contribution in [1.82, 2.24) is 9.62 Å². The molecule has 1 aromatic rings. The van der Waals surface area contributed by atoms with E-state index in [4.69, 9.17) is 4.74 Å². The highest BCUT2D eigenvalue weighted by atomic mass is 32.2. The van der Waals surface area contributed by atoms with Crippen LogP contribution in [0.1, 0.15) is 51.4 Å². The van der Waals surface area contributed by atoms with E-state index in [2.05, 4.69) is 5.32 Å². The van der Waals surface area contributed by atoms with Gasteiger partial charge in [0.1, 0.15) is 0 Å². The third kappa shape index (κ3) is 5.81. The zero-order valence-electron chi connectivity index (χ0n) is 16.0. The van der Waals surface area contributed by atoms with Gasteiger partial charge in [0.2, 0.25) is 10.0 Å². The minimum atomic E-state index is -3.58. The third-order valence-electron chi connectivity index (χ3n) is 4.13. The molecule has 1 N–H and O–H groups in total. The largest absolute Gasteiger partial charge is 0.452 e. The number of amides is 1. The summed E-state index contributed by atoms with van der Waals surface area (Å²) in [5.41, 5.74) is -0.185. The van der Waals surface area contributed by atoms with E-state index < -0.39 is 16.0 Å². The summed E-state index contributed by atoms with van der Waals surface area (Å²) in [5.74, 6) is -1.06. The molecule has 146 valence electrons. The third-order valence-corrected chi connectivity index (χ3v) is 6.19. The van der Waals surface area contributed by atoms with Crippen molar-refractivity contribution in [2.75, 3.05) is 19.7 Å². The Labute approximate surface area is 155 Å². The first-order chi connectivity index (χ1) is 12.1. The molecule has 0 saturated carbocycles. The highest BCUT2D eigenvalue weighted by Crippen LogP contribution is 2.16. The van der Waals surface area contributed by atoms with Crippen LogP contribution in [0.3, 0.4) is 0 Å². The molecule has 0 fully saturated rings. The number of hydrogen-bond acceptors (Lipinski definition) is 5. The second-order valence-corrected chi connectivity index (χ2v) is 8.41. The Kier molecular flexibility index (Phi) is 7.77. The number of rotatable bonds is 9. The molecule has 0 radical (unpaired) electrons. The maximum absolute atomic E-state index is 12.4. The second kappa shape index (κ2) is 9.14. The molecule has 7 nitrogen and oxygen atoms in total. The van der Waals surface area contributed by atoms with E-state index >= 15 is 0 Å². The van der Waals surface area contributed by atoms with Gasteiger partial charge in [0, 0.05) is 18.6 Å². The fourth-order valence-corrected chi connectivity index (χ4v) is 3.65. The topological polar surface area (TPSA) is 92.8 Å². The van der Waals surface area contributed by atoms with E-state index in [-0.39, 0.29) is 28.5 Å². The lowest BCUT2D eigenvalue weighted by Crippen LogP contribution is -2.44. The summed E-state index contributed by atoms with van der Waals surface area (Å²) >= 11 is 0. The molecule has 1 rings (SSSR count). The zero-order chi connectivity index (χ0) is 20.0. The fraction of sp³-hybridized carbons (Fsp3) is 0.556. The van der Waals surface area contributed by atoms with E-state index in [1.165, 1.54) is 28.6 Å². The number of nitrogens with zero attached hydrogens (tertiary/aromatic N) is 1. The number of sulfonamides is 1. The molecule has 0 aromatic heterocycles. The van der Waals surface area contributed by atoms with Crippen LogP contribution in [0.25, 0.3) is 0 Å². The van der Waals surface area contributed by atoms with Gasteiger partial charge in [-0.2, -0.15) is 4.31 Å². The Balaban J connectivity index is 2.74. The first kappa shape index (κ1) is 22.1. The van der Waals surface area contributed by atoms with E-state index in [1.54, 1.807) is 13.8 Å². The summed E-state index contributed by atoms with van der Waals surface area (Å²) in [6.45, 7) is 9.57. The fourth-order valence-electron chi connectivity index (χ4n) is 2.19. The van der Waals surface area contributed by atoms with Gasteiger partial charge in [0.15, 0.2) is 6.61 Å². The van der Waals surface area contributed by atoms with Gasteiger partial charge in [-0.05, 0) is 44.5 Å². The lowest BCUT2D eigenvalue weighted by atomic mass is 10.0. The maximum atomic E-state index is 12.4. The van der Waals surface area contributed by atoms with Crippen molar-refractivity contribution >= 4 is 21.9 Å². The predicted molar refractivity (Wildman–Crippen MR) is 99.3 cm³/mol. The van der Waals surface area contributed by atoms with Crippen LogP contribution in [0, 0.1) is 0 Å². The smallest absolute Gasteiger partial charge is 0.338 e. The molecule has 0 aliphatic rings. The van der Waals surface area contributed by atoms with Gasteiger partial charge >= 0.3 is 5.97 Å². The molecule has 1 aromatic carbocycles. The zero-order valence-corrected chi connectivity index (χ0v) is 16.9. The van der Waals surface area contributed by atoms with Crippen molar-refractivity contribution in [3.63, 3.8) is 0 Å². The Bertz CT molecular complexity index is 722. The number of carbonyl (C=O) groups excluding carboxylic acids is 2. The molecule has 26 heavy (non-hydrogen) atoms. The van der Waals surface area contributed by atoms with E-state index in [1.807, 2.05) is 20.8 Å². The van der Waals surface area contributed by atoms with Gasteiger partial charge in [-0.3, -0.25) is 4.79 Å². The van der Waals surface area contributed by atoms with Crippen LogP contribution >= 0.6 is 0 Å². The van der Waals surface area contributed by atoms with Crippen molar-refractivity contribution < 1.29 is 22.7 Å². The van der Waals surface area contributed by atoms with E-state index in [0.29, 0.717) is 13.1 Å². The van der Waals surface area contributed by atoms with Crippen molar-refractivity contribution in [2.45, 2.75) is 51.5 Å². The van der Waals surface area contributed by atoms with Gasteiger partial charge < -0.3 is 10.1 Å². The number of nitrogens with one attached hydrogen (secondary N) is 1. The Morgan fingerprint density at radius 2 is 1.62 bits per heavy atom. The lowest BCUT2D eigenvalue weighted by molar-refractivity contribution is -0.125. The van der Waals surface area contributed by atoms with Crippen LogP contribution in [-0.2, 0) is 19.6 Å². The summed E-state index contributed by atoms with van der Waals surface area (Å²) < 4.78 is 31.1. The van der Waals surface area contributed by atoms with Crippen LogP contribution in [0.15, 0.2) is 29.2 Å². The molecule has 0 atom stereocenters. The molecule has 0 heterocycles. The first-order valence-corrected chi connectivity index (χ1v) is 10.1.